The van der Waals surface area contributed by atoms with Crippen LogP contribution >= 0.6 is 22.9 Å². The van der Waals surface area contributed by atoms with E-state index >= 15 is 0 Å². The zero-order valence-corrected chi connectivity index (χ0v) is 10.6. The molecular formula is C11H16ClNOS. The van der Waals surface area contributed by atoms with Crippen LogP contribution in [0.15, 0.2) is 12.1 Å². The standard InChI is InChI=1S/C11H16ClNOS/c1-13-10(8-5-6-9(12)15-8)11(14-2)7-3-4-7/h5-7,10-11,13H,3-4H2,1-2H3. The molecule has 0 amide bonds. The molecule has 1 aliphatic carbocycles. The topological polar surface area (TPSA) is 21.3 Å². The number of ether oxygens (including phenoxy) is 1. The van der Waals surface area contributed by atoms with Crippen LogP contribution in [0.3, 0.4) is 0 Å². The van der Waals surface area contributed by atoms with E-state index in [0.29, 0.717) is 5.92 Å². The molecule has 2 nitrogen and oxygen atoms in total. The molecule has 1 fully saturated rings. The van der Waals surface area contributed by atoms with Crippen molar-refractivity contribution in [1.29, 1.82) is 0 Å². The van der Waals surface area contributed by atoms with E-state index in [1.54, 1.807) is 18.4 Å². The van der Waals surface area contributed by atoms with E-state index in [0.717, 1.165) is 4.34 Å². The first kappa shape index (κ1) is 11.4. The van der Waals surface area contributed by atoms with E-state index in [4.69, 9.17) is 16.3 Å². The molecule has 0 saturated heterocycles. The third-order valence-corrected chi connectivity index (χ3v) is 4.21. The van der Waals surface area contributed by atoms with Gasteiger partial charge in [0.2, 0.25) is 0 Å². The van der Waals surface area contributed by atoms with Crippen molar-refractivity contribution in [2.45, 2.75) is 25.0 Å². The molecule has 1 heterocycles. The van der Waals surface area contributed by atoms with Gasteiger partial charge in [0.15, 0.2) is 0 Å². The van der Waals surface area contributed by atoms with Gasteiger partial charge in [0.1, 0.15) is 0 Å². The smallest absolute Gasteiger partial charge is 0.0931 e. The van der Waals surface area contributed by atoms with E-state index in [9.17, 15) is 0 Å². The molecular weight excluding hydrogens is 230 g/mol. The van der Waals surface area contributed by atoms with Crippen molar-refractivity contribution >= 4 is 22.9 Å². The summed E-state index contributed by atoms with van der Waals surface area (Å²) in [5.74, 6) is 0.716. The Morgan fingerprint density at radius 2 is 2.27 bits per heavy atom. The minimum atomic E-state index is 0.278. The zero-order chi connectivity index (χ0) is 10.8. The third-order valence-electron chi connectivity index (χ3n) is 2.90. The molecule has 1 aliphatic rings. The second-order valence-electron chi connectivity index (χ2n) is 3.95. The van der Waals surface area contributed by atoms with Gasteiger partial charge in [0.05, 0.1) is 16.5 Å². The molecule has 0 aromatic carbocycles. The van der Waals surface area contributed by atoms with Crippen LogP contribution in [0, 0.1) is 5.92 Å². The van der Waals surface area contributed by atoms with Crippen LogP contribution in [0.4, 0.5) is 0 Å². The Morgan fingerprint density at radius 1 is 1.53 bits per heavy atom. The number of hydrogen-bond acceptors (Lipinski definition) is 3. The molecule has 0 spiro atoms. The summed E-state index contributed by atoms with van der Waals surface area (Å²) in [5, 5.41) is 3.33. The second kappa shape index (κ2) is 4.83. The van der Waals surface area contributed by atoms with Gasteiger partial charge in [-0.05, 0) is 37.9 Å². The molecule has 15 heavy (non-hydrogen) atoms. The molecule has 2 atom stereocenters. The van der Waals surface area contributed by atoms with Crippen LogP contribution in [0.25, 0.3) is 0 Å². The van der Waals surface area contributed by atoms with Crippen molar-refractivity contribution in [3.8, 4) is 0 Å². The number of nitrogens with one attached hydrogen (secondary N) is 1. The average molecular weight is 246 g/mol. The highest BCUT2D eigenvalue weighted by molar-refractivity contribution is 7.16. The fourth-order valence-electron chi connectivity index (χ4n) is 1.99. The van der Waals surface area contributed by atoms with Crippen LogP contribution < -0.4 is 5.32 Å². The predicted molar refractivity (Wildman–Crippen MR) is 64.7 cm³/mol. The minimum absolute atomic E-state index is 0.278. The fraction of sp³-hybridized carbons (Fsp3) is 0.636. The minimum Gasteiger partial charge on any atom is -0.379 e. The number of likely N-dealkylation sites (N-methyl/N-ethyl adjacent to an activating group) is 1. The highest BCUT2D eigenvalue weighted by Gasteiger charge is 2.37. The van der Waals surface area contributed by atoms with Crippen molar-refractivity contribution in [2.24, 2.45) is 5.92 Å². The van der Waals surface area contributed by atoms with E-state index in [2.05, 4.69) is 11.4 Å². The summed E-state index contributed by atoms with van der Waals surface area (Å²) in [6, 6.07) is 4.31. The molecule has 1 saturated carbocycles. The number of methoxy groups -OCH3 is 1. The Hall–Kier alpha value is -0.0900. The zero-order valence-electron chi connectivity index (χ0n) is 9.00. The summed E-state index contributed by atoms with van der Waals surface area (Å²) < 4.78 is 6.44. The van der Waals surface area contributed by atoms with Gasteiger partial charge >= 0.3 is 0 Å². The summed E-state index contributed by atoms with van der Waals surface area (Å²) >= 11 is 7.59. The lowest BCUT2D eigenvalue weighted by molar-refractivity contribution is 0.0541. The average Bonchev–Trinajstić information content (AvgIpc) is 2.98. The normalized spacial score (nSPS) is 20.2. The third kappa shape index (κ3) is 2.53. The van der Waals surface area contributed by atoms with Gasteiger partial charge < -0.3 is 10.1 Å². The first-order valence-corrected chi connectivity index (χ1v) is 6.41. The molecule has 2 unspecified atom stereocenters. The van der Waals surface area contributed by atoms with Gasteiger partial charge in [0.25, 0.3) is 0 Å². The van der Waals surface area contributed by atoms with Gasteiger partial charge in [-0.25, -0.2) is 0 Å². The van der Waals surface area contributed by atoms with Crippen molar-refractivity contribution in [2.75, 3.05) is 14.2 Å². The quantitative estimate of drug-likeness (QED) is 0.861. The number of hydrogen-bond donors (Lipinski definition) is 1. The first-order valence-electron chi connectivity index (χ1n) is 5.21. The van der Waals surface area contributed by atoms with Crippen LogP contribution in [-0.4, -0.2) is 20.3 Å². The van der Waals surface area contributed by atoms with Crippen molar-refractivity contribution < 1.29 is 4.74 Å². The molecule has 1 aromatic rings. The molecule has 1 N–H and O–H groups in total. The van der Waals surface area contributed by atoms with E-state index in [1.807, 2.05) is 13.1 Å². The van der Waals surface area contributed by atoms with E-state index in [-0.39, 0.29) is 12.1 Å². The van der Waals surface area contributed by atoms with Crippen LogP contribution in [0.5, 0.6) is 0 Å². The molecule has 84 valence electrons. The van der Waals surface area contributed by atoms with Crippen molar-refractivity contribution in [3.63, 3.8) is 0 Å². The highest BCUT2D eigenvalue weighted by Crippen LogP contribution is 2.41. The second-order valence-corrected chi connectivity index (χ2v) is 5.69. The van der Waals surface area contributed by atoms with Crippen molar-refractivity contribution in [1.82, 2.24) is 5.32 Å². The van der Waals surface area contributed by atoms with Gasteiger partial charge in [-0.2, -0.15) is 0 Å². The molecule has 2 rings (SSSR count). The maximum Gasteiger partial charge on any atom is 0.0931 e. The van der Waals surface area contributed by atoms with E-state index < -0.39 is 0 Å². The maximum absolute atomic E-state index is 5.95. The monoisotopic (exact) mass is 245 g/mol. The molecule has 4 heteroatoms. The largest absolute Gasteiger partial charge is 0.379 e. The van der Waals surface area contributed by atoms with Gasteiger partial charge in [0, 0.05) is 12.0 Å². The van der Waals surface area contributed by atoms with Crippen LogP contribution in [0.1, 0.15) is 23.8 Å². The van der Waals surface area contributed by atoms with Crippen LogP contribution in [0.2, 0.25) is 4.34 Å². The number of rotatable bonds is 5. The lowest BCUT2D eigenvalue weighted by Gasteiger charge is -2.24. The number of thiophene rings is 1. The molecule has 1 aromatic heterocycles. The molecule has 0 radical (unpaired) electrons. The Morgan fingerprint density at radius 3 is 2.67 bits per heavy atom. The summed E-state index contributed by atoms with van der Waals surface area (Å²) in [5.41, 5.74) is 0. The summed E-state index contributed by atoms with van der Waals surface area (Å²) in [4.78, 5) is 1.27. The SMILES string of the molecule is CNC(c1ccc(Cl)s1)C(OC)C1CC1. The maximum atomic E-state index is 5.95. The highest BCUT2D eigenvalue weighted by atomic mass is 35.5. The van der Waals surface area contributed by atoms with E-state index in [1.165, 1.54) is 17.7 Å². The number of halogens is 1. The molecule has 0 aliphatic heterocycles. The first-order chi connectivity index (χ1) is 7.26. The Bertz CT molecular complexity index is 324. The van der Waals surface area contributed by atoms with Crippen LogP contribution in [-0.2, 0) is 4.74 Å². The fourth-order valence-corrected chi connectivity index (χ4v) is 3.20. The Balaban J connectivity index is 2.14. The molecule has 0 bridgehead atoms. The predicted octanol–water partition coefficient (Wildman–Crippen LogP) is 3.09. The summed E-state index contributed by atoms with van der Waals surface area (Å²) in [6.45, 7) is 0. The Kier molecular flexibility index (Phi) is 3.67. The lowest BCUT2D eigenvalue weighted by atomic mass is 10.1. The van der Waals surface area contributed by atoms with Gasteiger partial charge in [-0.3, -0.25) is 0 Å². The summed E-state index contributed by atoms with van der Waals surface area (Å²) in [7, 11) is 3.77. The van der Waals surface area contributed by atoms with Crippen molar-refractivity contribution in [3.05, 3.63) is 21.3 Å². The summed E-state index contributed by atoms with van der Waals surface area (Å²) in [6.07, 6.45) is 2.86. The Labute approximate surface area is 99.6 Å². The van der Waals surface area contributed by atoms with Gasteiger partial charge in [-0.15, -0.1) is 11.3 Å². The lowest BCUT2D eigenvalue weighted by Crippen LogP contribution is -2.31. The van der Waals surface area contributed by atoms with Gasteiger partial charge in [-0.1, -0.05) is 11.6 Å².